The lowest BCUT2D eigenvalue weighted by atomic mass is 10.1. The van der Waals surface area contributed by atoms with Crippen LogP contribution in [0.3, 0.4) is 0 Å². The minimum absolute atomic E-state index is 0.199. The summed E-state index contributed by atoms with van der Waals surface area (Å²) in [5, 5.41) is 0.938. The number of esters is 1. The lowest BCUT2D eigenvalue weighted by Crippen LogP contribution is -2.61. The molecule has 1 aromatic rings. The monoisotopic (exact) mass is 439 g/mol. The fourth-order valence-electron chi connectivity index (χ4n) is 2.87. The molecule has 0 saturated carbocycles. The van der Waals surface area contributed by atoms with Crippen LogP contribution in [0.2, 0.25) is 45.8 Å². The van der Waals surface area contributed by atoms with Gasteiger partial charge in [-0.15, -0.1) is 0 Å². The van der Waals surface area contributed by atoms with Crippen molar-refractivity contribution in [3.63, 3.8) is 0 Å². The molecule has 158 valence electrons. The van der Waals surface area contributed by atoms with Gasteiger partial charge in [-0.1, -0.05) is 6.07 Å². The first-order chi connectivity index (χ1) is 12.5. The molecule has 0 unspecified atom stereocenters. The van der Waals surface area contributed by atoms with Gasteiger partial charge in [0.15, 0.2) is 16.6 Å². The van der Waals surface area contributed by atoms with Crippen LogP contribution in [0.4, 0.5) is 0 Å². The van der Waals surface area contributed by atoms with Crippen molar-refractivity contribution >= 4 is 42.6 Å². The lowest BCUT2D eigenvalue weighted by Gasteiger charge is -2.39. The average molecular weight is 440 g/mol. The Balaban J connectivity index is 3.70. The van der Waals surface area contributed by atoms with Crippen LogP contribution in [0.5, 0.6) is 0 Å². The maximum atomic E-state index is 12.2. The molecule has 0 aliphatic rings. The van der Waals surface area contributed by atoms with Crippen LogP contribution in [0.25, 0.3) is 0 Å². The molecule has 0 heterocycles. The van der Waals surface area contributed by atoms with E-state index in [9.17, 15) is 4.79 Å². The van der Waals surface area contributed by atoms with Gasteiger partial charge in [-0.2, -0.15) is 0 Å². The van der Waals surface area contributed by atoms with E-state index in [0.717, 1.165) is 10.8 Å². The predicted molar refractivity (Wildman–Crippen MR) is 125 cm³/mol. The third-order valence-electron chi connectivity index (χ3n) is 3.56. The van der Waals surface area contributed by atoms with Gasteiger partial charge in [0.1, 0.15) is 0 Å². The van der Waals surface area contributed by atoms with E-state index in [-0.39, 0.29) is 11.5 Å². The zero-order valence-electron chi connectivity index (χ0n) is 19.4. The minimum atomic E-state index is -2.80. The average Bonchev–Trinajstić information content (AvgIpc) is 2.47. The van der Waals surface area contributed by atoms with Crippen molar-refractivity contribution in [2.75, 3.05) is 7.11 Å². The van der Waals surface area contributed by atoms with Crippen molar-refractivity contribution < 1.29 is 17.8 Å². The van der Waals surface area contributed by atoms with Gasteiger partial charge in [0.05, 0.1) is 18.2 Å². The van der Waals surface area contributed by atoms with E-state index in [0.29, 0.717) is 5.56 Å². The zero-order valence-corrected chi connectivity index (χ0v) is 22.4. The van der Waals surface area contributed by atoms with Gasteiger partial charge in [0, 0.05) is 11.4 Å². The van der Waals surface area contributed by atoms with Gasteiger partial charge in [-0.3, -0.25) is 4.99 Å². The smallest absolute Gasteiger partial charge is 0.349 e. The number of hydrogen-bond donors (Lipinski definition) is 0. The molecule has 0 aromatic heterocycles. The summed E-state index contributed by atoms with van der Waals surface area (Å²) in [7, 11) is -5.23. The third kappa shape index (κ3) is 8.12. The Bertz CT molecular complexity index is 712. The van der Waals surface area contributed by atoms with E-state index in [2.05, 4.69) is 71.6 Å². The van der Waals surface area contributed by atoms with Gasteiger partial charge in [0.2, 0.25) is 0 Å². The third-order valence-corrected chi connectivity index (χ3v) is 13.0. The second-order valence-electron chi connectivity index (χ2n) is 10.1. The highest BCUT2D eigenvalue weighted by Gasteiger charge is 2.43. The molecule has 0 aliphatic carbocycles. The number of benzene rings is 1. The van der Waals surface area contributed by atoms with Crippen LogP contribution in [0.15, 0.2) is 23.2 Å². The fourth-order valence-corrected chi connectivity index (χ4v) is 14.7. The van der Waals surface area contributed by atoms with Gasteiger partial charge < -0.3 is 13.0 Å². The van der Waals surface area contributed by atoms with Gasteiger partial charge >= 0.3 is 14.5 Å². The first-order valence-electron chi connectivity index (χ1n) is 9.64. The van der Waals surface area contributed by atoms with Gasteiger partial charge in [0.25, 0.3) is 0 Å². The number of rotatable bonds is 7. The first-order valence-corrected chi connectivity index (χ1v) is 18.8. The second kappa shape index (κ2) is 8.74. The number of ether oxygens (including phenoxy) is 1. The summed E-state index contributed by atoms with van der Waals surface area (Å²) in [6.45, 7) is 21.3. The first kappa shape index (κ1) is 25.0. The summed E-state index contributed by atoms with van der Waals surface area (Å²) in [4.78, 5) is 16.9. The van der Waals surface area contributed by atoms with Crippen molar-refractivity contribution in [2.45, 2.75) is 72.1 Å². The zero-order chi connectivity index (χ0) is 22.0. The molecule has 28 heavy (non-hydrogen) atoms. The molecule has 1 rings (SSSR count). The number of carbonyl (C=O) groups excluding carboxylic acids is 1. The van der Waals surface area contributed by atoms with E-state index in [1.54, 1.807) is 6.07 Å². The van der Waals surface area contributed by atoms with E-state index in [1.165, 1.54) is 7.11 Å². The topological polar surface area (TPSA) is 57.1 Å². The van der Waals surface area contributed by atoms with E-state index in [4.69, 9.17) is 13.0 Å². The Kier molecular flexibility index (Phi) is 7.80. The van der Waals surface area contributed by atoms with E-state index >= 15 is 0 Å². The molecule has 0 atom stereocenters. The molecule has 0 spiro atoms. The maximum absolute atomic E-state index is 12.2. The summed E-state index contributed by atoms with van der Waals surface area (Å²) >= 11 is 0. The lowest BCUT2D eigenvalue weighted by molar-refractivity contribution is 0.0601. The molecule has 0 bridgehead atoms. The Labute approximate surface area is 174 Å². The molecule has 0 N–H and O–H groups in total. The number of methoxy groups -OCH3 is 1. The van der Waals surface area contributed by atoms with Crippen molar-refractivity contribution in [3.8, 4) is 0 Å². The quantitative estimate of drug-likeness (QED) is 0.352. The molecule has 0 saturated heterocycles. The van der Waals surface area contributed by atoms with Crippen molar-refractivity contribution in [1.82, 2.24) is 0 Å². The summed E-state index contributed by atoms with van der Waals surface area (Å²) in [5.74, 6) is -0.363. The molecule has 5 nitrogen and oxygen atoms in total. The molecule has 1 aromatic carbocycles. The minimum Gasteiger partial charge on any atom is -0.465 e. The number of hydrogen-bond acceptors (Lipinski definition) is 5. The highest BCUT2D eigenvalue weighted by atomic mass is 28.5. The molecule has 0 radical (unpaired) electrons. The Morgan fingerprint density at radius 1 is 0.964 bits per heavy atom. The highest BCUT2D eigenvalue weighted by molar-refractivity contribution is 6.94. The summed E-state index contributed by atoms with van der Waals surface area (Å²) < 4.78 is 18.3. The summed E-state index contributed by atoms with van der Waals surface area (Å²) in [6.07, 6.45) is 1.88. The van der Waals surface area contributed by atoms with Crippen LogP contribution in [0.1, 0.15) is 36.7 Å². The van der Waals surface area contributed by atoms with Crippen LogP contribution < -0.4 is 5.19 Å². The Morgan fingerprint density at radius 2 is 1.46 bits per heavy atom. The van der Waals surface area contributed by atoms with Crippen molar-refractivity contribution in [2.24, 2.45) is 4.99 Å². The molecule has 0 amide bonds. The molecular formula is C20H37NO4Si3. The normalized spacial score (nSPS) is 13.8. The maximum Gasteiger partial charge on any atom is 0.349 e. The largest absolute Gasteiger partial charge is 0.465 e. The van der Waals surface area contributed by atoms with Gasteiger partial charge in [-0.25, -0.2) is 4.79 Å². The van der Waals surface area contributed by atoms with E-state index < -0.39 is 25.2 Å². The predicted octanol–water partition coefficient (Wildman–Crippen LogP) is 4.67. The standard InChI is InChI=1S/C20H37NO4Si3/c1-20(2,3)21-15-17-13-12-16(19(22)23-4)14-18(17)28(11,24-26(5,6)7)25-27(8,9)10/h12-15H,1-11H3. The van der Waals surface area contributed by atoms with Gasteiger partial charge in [-0.05, 0) is 84.3 Å². The number of nitrogens with zero attached hydrogens (tertiary/aromatic N) is 1. The van der Waals surface area contributed by atoms with Crippen LogP contribution in [-0.2, 0) is 13.0 Å². The summed E-state index contributed by atoms with van der Waals surface area (Å²) in [5.41, 5.74) is 1.24. The summed E-state index contributed by atoms with van der Waals surface area (Å²) in [6, 6.07) is 5.57. The molecule has 0 fully saturated rings. The Morgan fingerprint density at radius 3 is 1.86 bits per heavy atom. The molecular weight excluding hydrogens is 402 g/mol. The van der Waals surface area contributed by atoms with Crippen LogP contribution >= 0.6 is 0 Å². The molecule has 0 aliphatic heterocycles. The highest BCUT2D eigenvalue weighted by Crippen LogP contribution is 2.23. The SMILES string of the molecule is COC(=O)c1ccc(C=NC(C)(C)C)c([Si](C)(O[Si](C)(C)C)O[Si](C)(C)C)c1. The number of carbonyl (C=O) groups is 1. The fraction of sp³-hybridized carbons (Fsp3) is 0.600. The van der Waals surface area contributed by atoms with Crippen molar-refractivity contribution in [3.05, 3.63) is 29.3 Å². The second-order valence-corrected chi connectivity index (χ2v) is 22.6. The van der Waals surface area contributed by atoms with Crippen LogP contribution in [0, 0.1) is 0 Å². The van der Waals surface area contributed by atoms with Crippen molar-refractivity contribution in [1.29, 1.82) is 0 Å². The Hall–Kier alpha value is -1.07. The molecule has 8 heteroatoms. The number of aliphatic imine (C=N–C) groups is 1. The van der Waals surface area contributed by atoms with Crippen LogP contribution in [-0.4, -0.2) is 50.0 Å². The van der Waals surface area contributed by atoms with E-state index in [1.807, 2.05) is 18.3 Å².